The zero-order chi connectivity index (χ0) is 7.44. The third kappa shape index (κ3) is 2.47. The van der Waals surface area contributed by atoms with Crippen molar-refractivity contribution >= 4 is 0 Å². The van der Waals surface area contributed by atoms with Crippen LogP contribution in [-0.4, -0.2) is 11.2 Å². The average molecular weight is 126 g/mol. The predicted octanol–water partition coefficient (Wildman–Crippen LogP) is 1.75. The second-order valence-corrected chi connectivity index (χ2v) is 2.47. The van der Waals surface area contributed by atoms with Crippen molar-refractivity contribution in [3.8, 4) is 0 Å². The van der Waals surface area contributed by atoms with Gasteiger partial charge in [0.05, 0.1) is 6.10 Å². The zero-order valence-corrected chi connectivity index (χ0v) is 6.09. The minimum absolute atomic E-state index is 0.232. The van der Waals surface area contributed by atoms with E-state index in [0.29, 0.717) is 5.57 Å². The Hall–Kier alpha value is -0.560. The van der Waals surface area contributed by atoms with Crippen molar-refractivity contribution in [3.63, 3.8) is 0 Å². The van der Waals surface area contributed by atoms with Gasteiger partial charge in [-0.2, -0.15) is 0 Å². The first-order chi connectivity index (χ1) is 4.09. The number of aliphatic hydroxyl groups is 1. The van der Waals surface area contributed by atoms with E-state index in [-0.39, 0.29) is 5.92 Å². The second-order valence-electron chi connectivity index (χ2n) is 2.47. The molecule has 1 heteroatoms. The largest absolute Gasteiger partial charge is 0.388 e. The Balaban J connectivity index is 3.87. The molecule has 0 aromatic carbocycles. The highest BCUT2D eigenvalue weighted by Crippen LogP contribution is 2.09. The van der Waals surface area contributed by atoms with Crippen LogP contribution in [0.5, 0.6) is 0 Å². The minimum atomic E-state index is -0.428. The minimum Gasteiger partial charge on any atom is -0.388 e. The Kier molecular flexibility index (Phi) is 3.25. The van der Waals surface area contributed by atoms with E-state index in [1.807, 2.05) is 13.8 Å². The predicted molar refractivity (Wildman–Crippen MR) is 40.2 cm³/mol. The Morgan fingerprint density at radius 2 is 2.00 bits per heavy atom. The molecule has 52 valence electrons. The molecule has 0 rings (SSSR count). The van der Waals surface area contributed by atoms with Gasteiger partial charge in [-0.1, -0.05) is 33.1 Å². The summed E-state index contributed by atoms with van der Waals surface area (Å²) in [6.45, 7) is 11.0. The van der Waals surface area contributed by atoms with Gasteiger partial charge in [0.2, 0.25) is 0 Å². The molecule has 0 aromatic rings. The summed E-state index contributed by atoms with van der Waals surface area (Å²) in [5.41, 5.74) is 0.699. The molecule has 0 saturated carbocycles. The van der Waals surface area contributed by atoms with E-state index in [9.17, 15) is 5.11 Å². The number of hydrogen-bond donors (Lipinski definition) is 1. The third-order valence-corrected chi connectivity index (χ3v) is 1.27. The molecule has 1 atom stereocenters. The molecule has 0 aliphatic rings. The molecule has 0 spiro atoms. The Morgan fingerprint density at radius 1 is 1.56 bits per heavy atom. The van der Waals surface area contributed by atoms with Gasteiger partial charge in [0.25, 0.3) is 0 Å². The Bertz CT molecular complexity index is 114. The summed E-state index contributed by atoms with van der Waals surface area (Å²) in [7, 11) is 0. The first kappa shape index (κ1) is 8.44. The number of aliphatic hydroxyl groups excluding tert-OH is 1. The fraction of sp³-hybridized carbons (Fsp3) is 0.500. The molecule has 9 heavy (non-hydrogen) atoms. The topological polar surface area (TPSA) is 20.2 Å². The first-order valence-electron chi connectivity index (χ1n) is 3.09. The van der Waals surface area contributed by atoms with Gasteiger partial charge in [0.1, 0.15) is 0 Å². The SMILES string of the molecule is C=CC(=C)C(O)C(C)C. The quantitative estimate of drug-likeness (QED) is 0.571. The molecule has 0 saturated heterocycles. The van der Waals surface area contributed by atoms with Crippen LogP contribution in [0.2, 0.25) is 0 Å². The lowest BCUT2D eigenvalue weighted by Crippen LogP contribution is -2.15. The summed E-state index contributed by atoms with van der Waals surface area (Å²) in [6.07, 6.45) is 1.16. The maximum atomic E-state index is 9.22. The molecular weight excluding hydrogens is 112 g/mol. The van der Waals surface area contributed by atoms with Crippen LogP contribution >= 0.6 is 0 Å². The summed E-state index contributed by atoms with van der Waals surface area (Å²) < 4.78 is 0. The summed E-state index contributed by atoms with van der Waals surface area (Å²) in [6, 6.07) is 0. The first-order valence-corrected chi connectivity index (χ1v) is 3.09. The highest BCUT2D eigenvalue weighted by molar-refractivity contribution is 5.16. The summed E-state index contributed by atoms with van der Waals surface area (Å²) in [5.74, 6) is 0.232. The van der Waals surface area contributed by atoms with Crippen LogP contribution in [0.3, 0.4) is 0 Å². The molecule has 0 bridgehead atoms. The molecule has 1 nitrogen and oxygen atoms in total. The van der Waals surface area contributed by atoms with Crippen molar-refractivity contribution in [3.05, 3.63) is 24.8 Å². The van der Waals surface area contributed by atoms with Crippen LogP contribution in [0.25, 0.3) is 0 Å². The Labute approximate surface area is 56.7 Å². The molecule has 0 aliphatic carbocycles. The lowest BCUT2D eigenvalue weighted by molar-refractivity contribution is 0.164. The van der Waals surface area contributed by atoms with Crippen LogP contribution in [0, 0.1) is 5.92 Å². The van der Waals surface area contributed by atoms with Crippen LogP contribution in [0.4, 0.5) is 0 Å². The van der Waals surface area contributed by atoms with Gasteiger partial charge < -0.3 is 5.11 Å². The lowest BCUT2D eigenvalue weighted by Gasteiger charge is -2.13. The van der Waals surface area contributed by atoms with Crippen molar-refractivity contribution in [2.24, 2.45) is 5.92 Å². The maximum absolute atomic E-state index is 9.22. The van der Waals surface area contributed by atoms with Crippen LogP contribution < -0.4 is 0 Å². The van der Waals surface area contributed by atoms with Crippen LogP contribution in [0.15, 0.2) is 24.8 Å². The maximum Gasteiger partial charge on any atom is 0.0807 e. The van der Waals surface area contributed by atoms with Gasteiger partial charge in [-0.3, -0.25) is 0 Å². The normalized spacial score (nSPS) is 13.3. The zero-order valence-electron chi connectivity index (χ0n) is 6.09. The van der Waals surface area contributed by atoms with Crippen LogP contribution in [-0.2, 0) is 0 Å². The summed E-state index contributed by atoms with van der Waals surface area (Å²) in [4.78, 5) is 0. The van der Waals surface area contributed by atoms with Gasteiger partial charge in [-0.15, -0.1) is 0 Å². The molecule has 0 amide bonds. The van der Waals surface area contributed by atoms with E-state index in [4.69, 9.17) is 0 Å². The van der Waals surface area contributed by atoms with E-state index >= 15 is 0 Å². The van der Waals surface area contributed by atoms with Crippen molar-refractivity contribution in [2.45, 2.75) is 20.0 Å². The standard InChI is InChI=1S/C8H14O/c1-5-7(4)8(9)6(2)3/h5-6,8-9H,1,4H2,2-3H3. The number of rotatable bonds is 3. The lowest BCUT2D eigenvalue weighted by atomic mass is 10.0. The van der Waals surface area contributed by atoms with E-state index < -0.39 is 6.10 Å². The molecule has 0 radical (unpaired) electrons. The van der Waals surface area contributed by atoms with Crippen molar-refractivity contribution in [1.82, 2.24) is 0 Å². The smallest absolute Gasteiger partial charge is 0.0807 e. The summed E-state index contributed by atoms with van der Waals surface area (Å²) >= 11 is 0. The monoisotopic (exact) mass is 126 g/mol. The van der Waals surface area contributed by atoms with Crippen molar-refractivity contribution in [2.75, 3.05) is 0 Å². The Morgan fingerprint density at radius 3 is 2.11 bits per heavy atom. The molecule has 1 unspecified atom stereocenters. The fourth-order valence-electron chi connectivity index (χ4n) is 0.549. The highest BCUT2D eigenvalue weighted by atomic mass is 16.3. The van der Waals surface area contributed by atoms with E-state index in [0.717, 1.165) is 0 Å². The summed E-state index contributed by atoms with van der Waals surface area (Å²) in [5, 5.41) is 9.22. The average Bonchev–Trinajstić information content (AvgIpc) is 1.84. The third-order valence-electron chi connectivity index (χ3n) is 1.27. The molecular formula is C8H14O. The van der Waals surface area contributed by atoms with Gasteiger partial charge >= 0.3 is 0 Å². The fourth-order valence-corrected chi connectivity index (χ4v) is 0.549. The molecule has 0 fully saturated rings. The van der Waals surface area contributed by atoms with E-state index in [1.165, 1.54) is 0 Å². The molecule has 0 aliphatic heterocycles. The number of hydrogen-bond acceptors (Lipinski definition) is 1. The van der Waals surface area contributed by atoms with Gasteiger partial charge in [0.15, 0.2) is 0 Å². The second kappa shape index (κ2) is 3.46. The van der Waals surface area contributed by atoms with E-state index in [2.05, 4.69) is 13.2 Å². The molecule has 1 N–H and O–H groups in total. The van der Waals surface area contributed by atoms with Crippen LogP contribution in [0.1, 0.15) is 13.8 Å². The molecule has 0 aromatic heterocycles. The molecule has 0 heterocycles. The van der Waals surface area contributed by atoms with Crippen molar-refractivity contribution < 1.29 is 5.11 Å². The van der Waals surface area contributed by atoms with Gasteiger partial charge in [-0.05, 0) is 11.5 Å². The van der Waals surface area contributed by atoms with E-state index in [1.54, 1.807) is 6.08 Å². The van der Waals surface area contributed by atoms with Gasteiger partial charge in [-0.25, -0.2) is 0 Å². The van der Waals surface area contributed by atoms with Gasteiger partial charge in [0, 0.05) is 0 Å². The highest BCUT2D eigenvalue weighted by Gasteiger charge is 2.09. The van der Waals surface area contributed by atoms with Crippen molar-refractivity contribution in [1.29, 1.82) is 0 Å².